The van der Waals surface area contributed by atoms with Crippen LogP contribution in [0.25, 0.3) is 0 Å². The second-order valence-corrected chi connectivity index (χ2v) is 5.49. The molecule has 0 aliphatic carbocycles. The topological polar surface area (TPSA) is 58.9 Å². The maximum absolute atomic E-state index is 11.8. The Morgan fingerprint density at radius 2 is 2.08 bits per heavy atom. The summed E-state index contributed by atoms with van der Waals surface area (Å²) in [6.45, 7) is 4.72. The van der Waals surface area contributed by atoms with Gasteiger partial charge in [-0.15, -0.1) is 4.72 Å². The van der Waals surface area contributed by atoms with Gasteiger partial charge in [0.1, 0.15) is 11.4 Å². The van der Waals surface area contributed by atoms with E-state index in [1.54, 1.807) is 0 Å². The van der Waals surface area contributed by atoms with Crippen molar-refractivity contribution in [1.29, 1.82) is 5.41 Å². The third-order valence-corrected chi connectivity index (χ3v) is 2.65. The molecule has 0 aliphatic heterocycles. The van der Waals surface area contributed by atoms with Crippen LogP contribution in [-0.2, 0) is 11.4 Å². The van der Waals surface area contributed by atoms with Gasteiger partial charge in [-0.05, 0) is 20.8 Å². The second kappa shape index (κ2) is 4.79. The monoisotopic (exact) mass is 194 g/mol. The Kier molecular flexibility index (Phi) is 4.74. The SMILES string of the molecule is CC(C)(C)[S@+]([O-])NCC(=N)CF. The van der Waals surface area contributed by atoms with Crippen molar-refractivity contribution in [2.45, 2.75) is 25.5 Å². The summed E-state index contributed by atoms with van der Waals surface area (Å²) in [6.07, 6.45) is 0. The van der Waals surface area contributed by atoms with Crippen molar-refractivity contribution in [2.75, 3.05) is 13.2 Å². The van der Waals surface area contributed by atoms with Crippen LogP contribution in [0, 0.1) is 5.41 Å². The van der Waals surface area contributed by atoms with E-state index >= 15 is 0 Å². The fraction of sp³-hybridized carbons (Fsp3) is 0.857. The van der Waals surface area contributed by atoms with Crippen molar-refractivity contribution in [1.82, 2.24) is 4.72 Å². The van der Waals surface area contributed by atoms with E-state index in [1.165, 1.54) is 0 Å². The molecular weight excluding hydrogens is 179 g/mol. The van der Waals surface area contributed by atoms with Gasteiger partial charge in [-0.25, -0.2) is 4.39 Å². The van der Waals surface area contributed by atoms with E-state index in [1.807, 2.05) is 20.8 Å². The molecule has 0 heterocycles. The maximum Gasteiger partial charge on any atom is 0.136 e. The average molecular weight is 194 g/mol. The Balaban J connectivity index is 3.72. The molecule has 2 N–H and O–H groups in total. The fourth-order valence-electron chi connectivity index (χ4n) is 0.416. The van der Waals surface area contributed by atoms with Crippen LogP contribution >= 0.6 is 0 Å². The van der Waals surface area contributed by atoms with Crippen molar-refractivity contribution < 1.29 is 8.94 Å². The van der Waals surface area contributed by atoms with Gasteiger partial charge in [0.05, 0.1) is 12.3 Å². The lowest BCUT2D eigenvalue weighted by atomic mass is 10.3. The van der Waals surface area contributed by atoms with E-state index in [4.69, 9.17) is 5.41 Å². The van der Waals surface area contributed by atoms with Gasteiger partial charge in [-0.1, -0.05) is 0 Å². The van der Waals surface area contributed by atoms with Gasteiger partial charge in [0.2, 0.25) is 0 Å². The van der Waals surface area contributed by atoms with Gasteiger partial charge in [0.15, 0.2) is 0 Å². The summed E-state index contributed by atoms with van der Waals surface area (Å²) in [4.78, 5) is 0. The van der Waals surface area contributed by atoms with Crippen molar-refractivity contribution in [2.24, 2.45) is 0 Å². The standard InChI is InChI=1S/C7H15FN2OS/c1-7(2,3)12(11)10-5-6(9)4-8/h9-10H,4-5H2,1-3H3/t12-/m0/s1. The first kappa shape index (κ1) is 11.9. The van der Waals surface area contributed by atoms with Gasteiger partial charge in [-0.3, -0.25) is 0 Å². The van der Waals surface area contributed by atoms with Crippen LogP contribution in [0.5, 0.6) is 0 Å². The van der Waals surface area contributed by atoms with E-state index in [0.29, 0.717) is 0 Å². The molecule has 0 spiro atoms. The lowest BCUT2D eigenvalue weighted by molar-refractivity contribution is 0.545. The number of hydrogen-bond acceptors (Lipinski definition) is 3. The highest BCUT2D eigenvalue weighted by Gasteiger charge is 2.26. The fourth-order valence-corrected chi connectivity index (χ4v) is 1.15. The molecule has 3 nitrogen and oxygen atoms in total. The first-order chi connectivity index (χ1) is 5.38. The molecule has 0 unspecified atom stereocenters. The van der Waals surface area contributed by atoms with Crippen LogP contribution in [0.2, 0.25) is 0 Å². The van der Waals surface area contributed by atoms with Crippen molar-refractivity contribution in [3.63, 3.8) is 0 Å². The number of hydrogen-bond donors (Lipinski definition) is 2. The summed E-state index contributed by atoms with van der Waals surface area (Å²) in [5.74, 6) is 0. The third-order valence-electron chi connectivity index (χ3n) is 1.13. The minimum atomic E-state index is -1.22. The van der Waals surface area contributed by atoms with Crippen LogP contribution in [0.1, 0.15) is 20.8 Å². The van der Waals surface area contributed by atoms with E-state index < -0.39 is 18.0 Å². The predicted octanol–water partition coefficient (Wildman–Crippen LogP) is 1.03. The van der Waals surface area contributed by atoms with E-state index in [9.17, 15) is 8.94 Å². The molecule has 0 amide bonds. The Labute approximate surface area is 75.6 Å². The highest BCUT2D eigenvalue weighted by Crippen LogP contribution is 2.12. The van der Waals surface area contributed by atoms with Crippen LogP contribution in [0.3, 0.4) is 0 Å². The Bertz CT molecular complexity index is 158. The maximum atomic E-state index is 11.8. The highest BCUT2D eigenvalue weighted by molar-refractivity contribution is 7.90. The predicted molar refractivity (Wildman–Crippen MR) is 49.6 cm³/mol. The van der Waals surface area contributed by atoms with Crippen LogP contribution < -0.4 is 4.72 Å². The quantitative estimate of drug-likeness (QED) is 0.518. The van der Waals surface area contributed by atoms with E-state index in [2.05, 4.69) is 4.72 Å². The van der Waals surface area contributed by atoms with Crippen molar-refractivity contribution in [3.8, 4) is 0 Å². The van der Waals surface area contributed by atoms with Crippen molar-refractivity contribution in [3.05, 3.63) is 0 Å². The minimum Gasteiger partial charge on any atom is -0.598 e. The zero-order valence-corrected chi connectivity index (χ0v) is 8.43. The Morgan fingerprint density at radius 1 is 1.58 bits per heavy atom. The lowest BCUT2D eigenvalue weighted by Gasteiger charge is -2.23. The molecule has 1 atom stereocenters. The summed E-state index contributed by atoms with van der Waals surface area (Å²) >= 11 is -1.22. The minimum absolute atomic E-state index is 0.0559. The lowest BCUT2D eigenvalue weighted by Crippen LogP contribution is -2.41. The largest absolute Gasteiger partial charge is 0.598 e. The van der Waals surface area contributed by atoms with Crippen LogP contribution in [-0.4, -0.2) is 28.2 Å². The molecule has 72 valence electrons. The average Bonchev–Trinajstić information content (AvgIpc) is 1.97. The van der Waals surface area contributed by atoms with Gasteiger partial charge >= 0.3 is 0 Å². The Hall–Kier alpha value is -0.130. The smallest absolute Gasteiger partial charge is 0.136 e. The van der Waals surface area contributed by atoms with E-state index in [-0.39, 0.29) is 17.0 Å². The number of rotatable bonds is 4. The van der Waals surface area contributed by atoms with Crippen molar-refractivity contribution >= 4 is 17.1 Å². The molecule has 0 aliphatic rings. The number of nitrogens with one attached hydrogen (secondary N) is 2. The van der Waals surface area contributed by atoms with E-state index in [0.717, 1.165) is 0 Å². The zero-order chi connectivity index (χ0) is 9.78. The highest BCUT2D eigenvalue weighted by atomic mass is 32.2. The molecule has 0 fully saturated rings. The summed E-state index contributed by atoms with van der Waals surface area (Å²) in [7, 11) is 0. The first-order valence-electron chi connectivity index (χ1n) is 3.65. The van der Waals surface area contributed by atoms with Crippen LogP contribution in [0.4, 0.5) is 4.39 Å². The number of alkyl halides is 1. The molecular formula is C7H15FN2OS. The molecule has 0 aromatic rings. The van der Waals surface area contributed by atoms with Crippen LogP contribution in [0.15, 0.2) is 0 Å². The third kappa shape index (κ3) is 4.69. The van der Waals surface area contributed by atoms with Gasteiger partial charge in [0.25, 0.3) is 0 Å². The normalized spacial score (nSPS) is 14.4. The molecule has 0 aromatic carbocycles. The molecule has 0 radical (unpaired) electrons. The van der Waals surface area contributed by atoms with Gasteiger partial charge < -0.3 is 9.96 Å². The zero-order valence-electron chi connectivity index (χ0n) is 7.61. The molecule has 0 aromatic heterocycles. The van der Waals surface area contributed by atoms with Gasteiger partial charge in [0, 0.05) is 11.4 Å². The molecule has 0 saturated carbocycles. The summed E-state index contributed by atoms with van der Waals surface area (Å²) in [5.41, 5.74) is -0.0763. The molecule has 5 heteroatoms. The number of halogens is 1. The molecule has 12 heavy (non-hydrogen) atoms. The molecule has 0 rings (SSSR count). The molecule has 0 bridgehead atoms. The second-order valence-electron chi connectivity index (χ2n) is 3.44. The first-order valence-corrected chi connectivity index (χ1v) is 4.80. The summed E-state index contributed by atoms with van der Waals surface area (Å²) < 4.78 is 25.3. The summed E-state index contributed by atoms with van der Waals surface area (Å²) in [5, 5.41) is 6.96. The molecule has 0 saturated heterocycles. The summed E-state index contributed by atoms with van der Waals surface area (Å²) in [6, 6.07) is 0. The Morgan fingerprint density at radius 3 is 2.42 bits per heavy atom. The van der Waals surface area contributed by atoms with Gasteiger partial charge in [-0.2, -0.15) is 0 Å².